The Labute approximate surface area is 184 Å². The van der Waals surface area contributed by atoms with Gasteiger partial charge >= 0.3 is 5.97 Å². The van der Waals surface area contributed by atoms with Crippen molar-refractivity contribution < 1.29 is 19.8 Å². The molecule has 0 radical (unpaired) electrons. The Hall–Kier alpha value is -3.76. The third-order valence-corrected chi connectivity index (χ3v) is 6.11. The van der Waals surface area contributed by atoms with E-state index in [1.807, 2.05) is 18.4 Å². The van der Waals surface area contributed by atoms with Crippen molar-refractivity contribution in [2.75, 3.05) is 10.6 Å². The van der Waals surface area contributed by atoms with Gasteiger partial charge in [-0.15, -0.1) is 11.3 Å². The average Bonchev–Trinajstić information content (AvgIpc) is 3.34. The number of hydrogen-bond donors (Lipinski definition) is 3. The summed E-state index contributed by atoms with van der Waals surface area (Å²) in [7, 11) is 0. The fourth-order valence-corrected chi connectivity index (χ4v) is 4.50. The minimum Gasteiger partial charge on any atom is -0.872 e. The lowest BCUT2D eigenvalue weighted by Gasteiger charge is -2.12. The van der Waals surface area contributed by atoms with Crippen LogP contribution in [0.2, 0.25) is 0 Å². The van der Waals surface area contributed by atoms with Crippen molar-refractivity contribution in [3.8, 4) is 16.3 Å². The van der Waals surface area contributed by atoms with E-state index in [1.165, 1.54) is 40.9 Å². The average molecular weight is 452 g/mol. The van der Waals surface area contributed by atoms with Gasteiger partial charge < -0.3 is 15.5 Å². The Morgan fingerprint density at radius 3 is 2.55 bits per heavy atom. The normalized spacial score (nSPS) is 10.6. The summed E-state index contributed by atoms with van der Waals surface area (Å²) >= 11 is 2.66. The predicted octanol–water partition coefficient (Wildman–Crippen LogP) is 4.34. The third kappa shape index (κ3) is 4.55. The van der Waals surface area contributed by atoms with Gasteiger partial charge in [-0.05, 0) is 37.3 Å². The molecule has 0 unspecified atom stereocenters. The molecular weight excluding hydrogens is 436 g/mol. The molecule has 10 heteroatoms. The molecule has 2 heterocycles. The van der Waals surface area contributed by atoms with E-state index in [1.54, 1.807) is 24.3 Å². The first-order chi connectivity index (χ1) is 14.9. The molecule has 3 N–H and O–H groups in total. The van der Waals surface area contributed by atoms with Crippen molar-refractivity contribution in [1.82, 2.24) is 9.97 Å². The van der Waals surface area contributed by atoms with Crippen LogP contribution in [0.1, 0.15) is 26.4 Å². The van der Waals surface area contributed by atoms with E-state index >= 15 is 0 Å². The van der Waals surface area contributed by atoms with Crippen molar-refractivity contribution >= 4 is 50.5 Å². The molecule has 0 aliphatic rings. The standard InChI is InChI=1S/C21H16N4O4S2/c1-11-17(31-21(22-11)25-18(27)12-5-3-2-4-6-12)15-10-30-20(24-15)23-13-7-8-14(19(28)29)16(26)9-13/h2-10,26H,1H3,(H,23,24)(H,28,29)(H,22,25,27)/p-1. The minimum atomic E-state index is -1.26. The number of aromatic nitrogens is 2. The summed E-state index contributed by atoms with van der Waals surface area (Å²) < 4.78 is 0. The number of nitrogens with one attached hydrogen (secondary N) is 2. The van der Waals surface area contributed by atoms with Crippen molar-refractivity contribution in [3.05, 3.63) is 70.7 Å². The molecule has 31 heavy (non-hydrogen) atoms. The lowest BCUT2D eigenvalue weighted by molar-refractivity contribution is -0.268. The summed E-state index contributed by atoms with van der Waals surface area (Å²) in [6, 6.07) is 12.9. The first-order valence-electron chi connectivity index (χ1n) is 9.02. The number of aromatic carboxylic acids is 1. The van der Waals surface area contributed by atoms with E-state index < -0.39 is 11.7 Å². The second kappa shape index (κ2) is 8.54. The van der Waals surface area contributed by atoms with Gasteiger partial charge in [0.1, 0.15) is 0 Å². The molecule has 4 rings (SSSR count). The van der Waals surface area contributed by atoms with E-state index in [0.29, 0.717) is 27.2 Å². The van der Waals surface area contributed by atoms with Gasteiger partial charge in [-0.1, -0.05) is 35.3 Å². The summed E-state index contributed by atoms with van der Waals surface area (Å²) in [6.45, 7) is 1.84. The van der Waals surface area contributed by atoms with E-state index in [2.05, 4.69) is 20.6 Å². The number of rotatable bonds is 6. The molecular formula is C21H15N4O4S2-. The zero-order chi connectivity index (χ0) is 22.0. The minimum absolute atomic E-state index is 0.236. The van der Waals surface area contributed by atoms with E-state index in [9.17, 15) is 14.7 Å². The SMILES string of the molecule is Cc1nc(NC(=O)c2ccccc2)sc1-c1csc(Nc2ccc(C(=O)O)c([O-])c2)n1. The van der Waals surface area contributed by atoms with Crippen LogP contribution in [-0.2, 0) is 0 Å². The zero-order valence-electron chi connectivity index (χ0n) is 16.1. The van der Waals surface area contributed by atoms with Gasteiger partial charge in [0.15, 0.2) is 10.3 Å². The molecule has 0 saturated carbocycles. The predicted molar refractivity (Wildman–Crippen MR) is 118 cm³/mol. The lowest BCUT2D eigenvalue weighted by Crippen LogP contribution is -2.11. The van der Waals surface area contributed by atoms with Crippen molar-refractivity contribution in [1.29, 1.82) is 0 Å². The molecule has 0 aliphatic heterocycles. The molecule has 156 valence electrons. The molecule has 0 spiro atoms. The highest BCUT2D eigenvalue weighted by Gasteiger charge is 2.15. The summed E-state index contributed by atoms with van der Waals surface area (Å²) in [5.41, 5.74) is 2.14. The number of carbonyl (C=O) groups is 2. The Kier molecular flexibility index (Phi) is 5.65. The van der Waals surface area contributed by atoms with Crippen LogP contribution in [0, 0.1) is 6.92 Å². The Morgan fingerprint density at radius 1 is 1.06 bits per heavy atom. The van der Waals surface area contributed by atoms with Gasteiger partial charge in [-0.25, -0.2) is 14.8 Å². The van der Waals surface area contributed by atoms with Crippen LogP contribution in [0.15, 0.2) is 53.9 Å². The molecule has 0 saturated heterocycles. The largest absolute Gasteiger partial charge is 0.872 e. The van der Waals surface area contributed by atoms with Crippen LogP contribution >= 0.6 is 22.7 Å². The molecule has 2 aromatic carbocycles. The number of carbonyl (C=O) groups excluding carboxylic acids is 1. The zero-order valence-corrected chi connectivity index (χ0v) is 17.7. The summed E-state index contributed by atoms with van der Waals surface area (Å²) in [4.78, 5) is 33.1. The second-order valence-electron chi connectivity index (χ2n) is 6.43. The maximum absolute atomic E-state index is 12.3. The second-order valence-corrected chi connectivity index (χ2v) is 8.29. The summed E-state index contributed by atoms with van der Waals surface area (Å²) in [5, 5.41) is 29.5. The number of anilines is 3. The first kappa shape index (κ1) is 20.5. The van der Waals surface area contributed by atoms with Crippen molar-refractivity contribution in [3.63, 3.8) is 0 Å². The van der Waals surface area contributed by atoms with Crippen molar-refractivity contribution in [2.45, 2.75) is 6.92 Å². The van der Waals surface area contributed by atoms with Gasteiger partial charge in [0.05, 0.1) is 21.8 Å². The van der Waals surface area contributed by atoms with E-state index in [4.69, 9.17) is 5.11 Å². The van der Waals surface area contributed by atoms with Crippen LogP contribution in [0.3, 0.4) is 0 Å². The van der Waals surface area contributed by atoms with Crippen LogP contribution in [0.4, 0.5) is 16.0 Å². The van der Waals surface area contributed by atoms with Gasteiger partial charge in [0.25, 0.3) is 5.91 Å². The fourth-order valence-electron chi connectivity index (χ4n) is 2.78. The maximum Gasteiger partial charge on any atom is 0.335 e. The topological polar surface area (TPSA) is 127 Å². The summed E-state index contributed by atoms with van der Waals surface area (Å²) in [6.07, 6.45) is 0. The Bertz CT molecular complexity index is 1270. The van der Waals surface area contributed by atoms with Crippen molar-refractivity contribution in [2.24, 2.45) is 0 Å². The maximum atomic E-state index is 12.3. The lowest BCUT2D eigenvalue weighted by atomic mass is 10.2. The van der Waals surface area contributed by atoms with Gasteiger partial charge in [-0.2, -0.15) is 0 Å². The monoisotopic (exact) mass is 451 g/mol. The number of benzene rings is 2. The number of nitrogens with zero attached hydrogens (tertiary/aromatic N) is 2. The van der Waals surface area contributed by atoms with Crippen LogP contribution in [0.25, 0.3) is 10.6 Å². The number of aryl methyl sites for hydroxylation is 1. The molecule has 4 aromatic rings. The third-order valence-electron chi connectivity index (χ3n) is 4.25. The Balaban J connectivity index is 1.50. The van der Waals surface area contributed by atoms with Gasteiger partial charge in [0, 0.05) is 16.6 Å². The van der Waals surface area contributed by atoms with Gasteiger partial charge in [-0.3, -0.25) is 10.1 Å². The highest BCUT2D eigenvalue weighted by atomic mass is 32.1. The number of carboxylic acid groups (broad SMARTS) is 1. The number of amides is 1. The van der Waals surface area contributed by atoms with Crippen LogP contribution in [-0.4, -0.2) is 27.0 Å². The number of hydrogen-bond acceptors (Lipinski definition) is 8. The Morgan fingerprint density at radius 2 is 1.84 bits per heavy atom. The highest BCUT2D eigenvalue weighted by molar-refractivity contribution is 7.20. The quantitative estimate of drug-likeness (QED) is 0.398. The summed E-state index contributed by atoms with van der Waals surface area (Å²) in [5.74, 6) is -2.07. The number of carboxylic acids is 1. The van der Waals surface area contributed by atoms with E-state index in [0.717, 1.165) is 10.6 Å². The van der Waals surface area contributed by atoms with Crippen LogP contribution < -0.4 is 15.7 Å². The number of thiazole rings is 2. The fraction of sp³-hybridized carbons (Fsp3) is 0.0476. The highest BCUT2D eigenvalue weighted by Crippen LogP contribution is 2.35. The molecule has 0 atom stereocenters. The molecule has 2 aromatic heterocycles. The molecule has 8 nitrogen and oxygen atoms in total. The molecule has 0 bridgehead atoms. The van der Waals surface area contributed by atoms with Crippen LogP contribution in [0.5, 0.6) is 5.75 Å². The first-order valence-corrected chi connectivity index (χ1v) is 10.7. The molecule has 0 fully saturated rings. The van der Waals surface area contributed by atoms with Gasteiger partial charge in [0.2, 0.25) is 0 Å². The smallest absolute Gasteiger partial charge is 0.335 e. The van der Waals surface area contributed by atoms with E-state index in [-0.39, 0.29) is 11.5 Å². The molecule has 1 amide bonds. The molecule has 0 aliphatic carbocycles.